The van der Waals surface area contributed by atoms with Crippen molar-refractivity contribution in [1.29, 1.82) is 0 Å². The van der Waals surface area contributed by atoms with Crippen molar-refractivity contribution in [2.45, 2.75) is 45.1 Å². The number of hydrogen-bond acceptors (Lipinski definition) is 2. The van der Waals surface area contributed by atoms with E-state index in [4.69, 9.17) is 0 Å². The lowest BCUT2D eigenvalue weighted by atomic mass is 9.86. The van der Waals surface area contributed by atoms with Gasteiger partial charge in [-0.25, -0.2) is 13.8 Å². The molecule has 1 fully saturated rings. The summed E-state index contributed by atoms with van der Waals surface area (Å²) in [5.74, 6) is -2.63. The van der Waals surface area contributed by atoms with Crippen LogP contribution in [0.1, 0.15) is 38.2 Å². The first-order valence-corrected chi connectivity index (χ1v) is 8.90. The van der Waals surface area contributed by atoms with E-state index in [1.807, 2.05) is 35.9 Å². The maximum atomic E-state index is 13.3. The standard InChI is InChI=1S/C20H23F2N3O/c1-3-18(26)24-16-11-17-15(13-25(4-2)19(17)23-12-16)6-5-14-7-9-20(21,22)10-8-14/h3,5-6,11-14H,1,4,7-10H2,2H3,(H,24,26)/b6-5+. The number of alkyl halides is 2. The van der Waals surface area contributed by atoms with Crippen LogP contribution in [-0.4, -0.2) is 21.4 Å². The Kier molecular flexibility index (Phi) is 5.20. The first-order valence-electron chi connectivity index (χ1n) is 8.90. The third kappa shape index (κ3) is 4.00. The van der Waals surface area contributed by atoms with Gasteiger partial charge >= 0.3 is 0 Å². The summed E-state index contributed by atoms with van der Waals surface area (Å²) in [7, 11) is 0. The first-order chi connectivity index (χ1) is 12.4. The Morgan fingerprint density at radius 1 is 1.46 bits per heavy atom. The summed E-state index contributed by atoms with van der Waals surface area (Å²) in [5, 5.41) is 3.64. The zero-order chi connectivity index (χ0) is 18.7. The quantitative estimate of drug-likeness (QED) is 0.762. The summed E-state index contributed by atoms with van der Waals surface area (Å²) in [5.41, 5.74) is 2.41. The number of carbonyl (C=O) groups excluding carboxylic acids is 1. The maximum Gasteiger partial charge on any atom is 0.248 e. The highest BCUT2D eigenvalue weighted by Gasteiger charge is 2.33. The number of nitrogens with zero attached hydrogens (tertiary/aromatic N) is 2. The van der Waals surface area contributed by atoms with Crippen molar-refractivity contribution in [2.75, 3.05) is 5.32 Å². The molecule has 0 aliphatic heterocycles. The van der Waals surface area contributed by atoms with Crippen molar-refractivity contribution in [2.24, 2.45) is 5.92 Å². The number of halogens is 2. The van der Waals surface area contributed by atoms with Crippen molar-refractivity contribution in [3.8, 4) is 0 Å². The van der Waals surface area contributed by atoms with E-state index in [-0.39, 0.29) is 24.7 Å². The molecule has 1 aliphatic carbocycles. The van der Waals surface area contributed by atoms with E-state index < -0.39 is 5.92 Å². The van der Waals surface area contributed by atoms with Crippen LogP contribution in [0.5, 0.6) is 0 Å². The highest BCUT2D eigenvalue weighted by molar-refractivity contribution is 6.00. The molecular weight excluding hydrogens is 336 g/mol. The number of hydrogen-bond donors (Lipinski definition) is 1. The number of rotatable bonds is 5. The van der Waals surface area contributed by atoms with E-state index in [1.54, 1.807) is 6.20 Å². The van der Waals surface area contributed by atoms with Crippen LogP contribution in [0.25, 0.3) is 17.1 Å². The zero-order valence-electron chi connectivity index (χ0n) is 14.8. The molecule has 0 aromatic carbocycles. The summed E-state index contributed by atoms with van der Waals surface area (Å²) in [6, 6.07) is 1.88. The molecule has 0 bridgehead atoms. The van der Waals surface area contributed by atoms with Crippen LogP contribution in [0.2, 0.25) is 0 Å². The topological polar surface area (TPSA) is 46.9 Å². The number of fused-ring (bicyclic) bond motifs is 1. The Balaban J connectivity index is 1.86. The van der Waals surface area contributed by atoms with Crippen LogP contribution in [-0.2, 0) is 11.3 Å². The molecule has 138 valence electrons. The summed E-state index contributed by atoms with van der Waals surface area (Å²) < 4.78 is 28.6. The van der Waals surface area contributed by atoms with Gasteiger partial charge < -0.3 is 9.88 Å². The van der Waals surface area contributed by atoms with E-state index in [0.29, 0.717) is 18.5 Å². The van der Waals surface area contributed by atoms with Crippen LogP contribution in [0, 0.1) is 5.92 Å². The van der Waals surface area contributed by atoms with Gasteiger partial charge in [0.1, 0.15) is 5.65 Å². The van der Waals surface area contributed by atoms with Gasteiger partial charge in [0, 0.05) is 36.5 Å². The fraction of sp³-hybridized carbons (Fsp3) is 0.400. The lowest BCUT2D eigenvalue weighted by Gasteiger charge is -2.26. The molecule has 0 spiro atoms. The number of nitrogens with one attached hydrogen (secondary N) is 1. The van der Waals surface area contributed by atoms with Gasteiger partial charge in [0.25, 0.3) is 0 Å². The third-order valence-corrected chi connectivity index (χ3v) is 4.85. The average molecular weight is 359 g/mol. The minimum Gasteiger partial charge on any atom is -0.332 e. The van der Waals surface area contributed by atoms with E-state index in [9.17, 15) is 13.6 Å². The fourth-order valence-electron chi connectivity index (χ4n) is 3.33. The largest absolute Gasteiger partial charge is 0.332 e. The first kappa shape index (κ1) is 18.3. The maximum absolute atomic E-state index is 13.3. The van der Waals surface area contributed by atoms with Crippen LogP contribution in [0.4, 0.5) is 14.5 Å². The molecule has 1 N–H and O–H groups in total. The van der Waals surface area contributed by atoms with Crippen LogP contribution >= 0.6 is 0 Å². The second kappa shape index (κ2) is 7.40. The molecule has 2 heterocycles. The molecule has 3 rings (SSSR count). The molecule has 1 saturated carbocycles. The normalized spacial score (nSPS) is 17.7. The molecule has 2 aromatic heterocycles. The second-order valence-corrected chi connectivity index (χ2v) is 6.71. The number of carbonyl (C=O) groups is 1. The highest BCUT2D eigenvalue weighted by Crippen LogP contribution is 2.37. The van der Waals surface area contributed by atoms with Crippen molar-refractivity contribution < 1.29 is 13.6 Å². The minimum absolute atomic E-state index is 0.0436. The molecular formula is C20H23F2N3O. The van der Waals surface area contributed by atoms with E-state index >= 15 is 0 Å². The number of aryl methyl sites for hydroxylation is 1. The van der Waals surface area contributed by atoms with Gasteiger partial charge in [-0.3, -0.25) is 4.79 Å². The number of pyridine rings is 1. The van der Waals surface area contributed by atoms with Crippen LogP contribution < -0.4 is 5.32 Å². The molecule has 1 aliphatic rings. The molecule has 2 aromatic rings. The van der Waals surface area contributed by atoms with Gasteiger partial charge in [-0.2, -0.15) is 0 Å². The SMILES string of the molecule is C=CC(=O)Nc1cnc2c(c1)c(/C=C/C1CCC(F)(F)CC1)cn2CC. The molecule has 26 heavy (non-hydrogen) atoms. The molecule has 0 atom stereocenters. The second-order valence-electron chi connectivity index (χ2n) is 6.71. The van der Waals surface area contributed by atoms with Crippen molar-refractivity contribution in [3.63, 3.8) is 0 Å². The summed E-state index contributed by atoms with van der Waals surface area (Å²) >= 11 is 0. The number of aromatic nitrogens is 2. The lowest BCUT2D eigenvalue weighted by molar-refractivity contribution is -0.111. The molecule has 0 unspecified atom stereocenters. The molecule has 0 saturated heterocycles. The predicted octanol–water partition coefficient (Wildman–Crippen LogP) is 5.02. The van der Waals surface area contributed by atoms with E-state index in [1.165, 1.54) is 6.08 Å². The van der Waals surface area contributed by atoms with Gasteiger partial charge in [-0.1, -0.05) is 18.7 Å². The number of amides is 1. The van der Waals surface area contributed by atoms with Crippen molar-refractivity contribution >= 4 is 28.7 Å². The van der Waals surface area contributed by atoms with Crippen molar-refractivity contribution in [1.82, 2.24) is 9.55 Å². The summed E-state index contributed by atoms with van der Waals surface area (Å²) in [6.07, 6.45) is 9.78. The average Bonchev–Trinajstić information content (AvgIpc) is 2.98. The van der Waals surface area contributed by atoms with Crippen LogP contribution in [0.15, 0.2) is 37.2 Å². The molecule has 1 amide bonds. The summed E-state index contributed by atoms with van der Waals surface area (Å²) in [4.78, 5) is 16.0. The molecule has 0 radical (unpaired) electrons. The Hall–Kier alpha value is -2.50. The Morgan fingerprint density at radius 2 is 2.19 bits per heavy atom. The minimum atomic E-state index is -2.51. The van der Waals surface area contributed by atoms with E-state index in [0.717, 1.165) is 23.1 Å². The van der Waals surface area contributed by atoms with Gasteiger partial charge in [0.05, 0.1) is 11.9 Å². The highest BCUT2D eigenvalue weighted by atomic mass is 19.3. The third-order valence-electron chi connectivity index (χ3n) is 4.85. The number of allylic oxidation sites excluding steroid dienone is 1. The van der Waals surface area contributed by atoms with E-state index in [2.05, 4.69) is 16.9 Å². The molecule has 4 nitrogen and oxygen atoms in total. The van der Waals surface area contributed by atoms with Crippen molar-refractivity contribution in [3.05, 3.63) is 42.8 Å². The zero-order valence-corrected chi connectivity index (χ0v) is 14.8. The predicted molar refractivity (Wildman–Crippen MR) is 100 cm³/mol. The smallest absolute Gasteiger partial charge is 0.248 e. The van der Waals surface area contributed by atoms with Gasteiger partial charge in [0.2, 0.25) is 11.8 Å². The Morgan fingerprint density at radius 3 is 2.85 bits per heavy atom. The van der Waals surface area contributed by atoms with Gasteiger partial charge in [0.15, 0.2) is 0 Å². The monoisotopic (exact) mass is 359 g/mol. The number of anilines is 1. The fourth-order valence-corrected chi connectivity index (χ4v) is 3.33. The van der Waals surface area contributed by atoms with Crippen LogP contribution in [0.3, 0.4) is 0 Å². The summed E-state index contributed by atoms with van der Waals surface area (Å²) in [6.45, 7) is 6.25. The lowest BCUT2D eigenvalue weighted by Crippen LogP contribution is -2.23. The molecule has 6 heteroatoms. The van der Waals surface area contributed by atoms with Gasteiger partial charge in [-0.05, 0) is 37.8 Å². The Labute approximate surface area is 151 Å². The Bertz CT molecular complexity index is 844. The van der Waals surface area contributed by atoms with Gasteiger partial charge in [-0.15, -0.1) is 0 Å².